The van der Waals surface area contributed by atoms with E-state index in [9.17, 15) is 0 Å². The lowest BCUT2D eigenvalue weighted by molar-refractivity contribution is 0.122. The molecule has 8 rings (SSSR count). The standard InChI is InChI=1S/C42H52N4O6P2/c1-47-37-5-3-7-39(53-35-27-31(43-9-17-49-18-10-43)25-32(28-35)44-11-19-50-20-12-44)41(37)42-38(48-2)6-4-8-40(42)54-36-29-33(45-13-21-51-22-14-45)26-34(30-36)46-15-23-52-24-16-46/h3-8,25-30,53-54H,9-24H2,1-2H3. The van der Waals surface area contributed by atoms with E-state index in [1.165, 1.54) is 44.0 Å². The van der Waals surface area contributed by atoms with Crippen LogP contribution in [-0.2, 0) is 18.9 Å². The molecule has 0 bridgehead atoms. The fraction of sp³-hybridized carbons (Fsp3) is 0.429. The number of benzene rings is 4. The molecule has 12 heteroatoms. The van der Waals surface area contributed by atoms with Crippen molar-refractivity contribution in [1.82, 2.24) is 0 Å². The quantitative estimate of drug-likeness (QED) is 0.210. The third-order valence-electron chi connectivity index (χ3n) is 10.6. The van der Waals surface area contributed by atoms with Gasteiger partial charge in [-0.2, -0.15) is 0 Å². The van der Waals surface area contributed by atoms with E-state index >= 15 is 0 Å². The predicted octanol–water partition coefficient (Wildman–Crippen LogP) is 3.98. The van der Waals surface area contributed by atoms with Gasteiger partial charge in [0.15, 0.2) is 0 Å². The Morgan fingerprint density at radius 1 is 0.426 bits per heavy atom. The highest BCUT2D eigenvalue weighted by atomic mass is 31.1. The monoisotopic (exact) mass is 770 g/mol. The molecule has 2 unspecified atom stereocenters. The maximum atomic E-state index is 6.19. The van der Waals surface area contributed by atoms with Gasteiger partial charge in [-0.3, -0.25) is 0 Å². The van der Waals surface area contributed by atoms with E-state index in [1.54, 1.807) is 14.2 Å². The molecule has 4 aromatic carbocycles. The van der Waals surface area contributed by atoms with E-state index in [1.807, 2.05) is 0 Å². The number of nitrogens with zero attached hydrogens (tertiary/aromatic N) is 4. The summed E-state index contributed by atoms with van der Waals surface area (Å²) in [6.45, 7) is 13.2. The molecule has 2 atom stereocenters. The Morgan fingerprint density at radius 2 is 0.722 bits per heavy atom. The Bertz CT molecular complexity index is 1670. The molecule has 54 heavy (non-hydrogen) atoms. The van der Waals surface area contributed by atoms with Gasteiger partial charge in [0.25, 0.3) is 0 Å². The third-order valence-corrected chi connectivity index (χ3v) is 13.1. The highest BCUT2D eigenvalue weighted by molar-refractivity contribution is 7.56. The van der Waals surface area contributed by atoms with Crippen LogP contribution in [0.4, 0.5) is 22.7 Å². The second kappa shape index (κ2) is 17.9. The first-order chi connectivity index (χ1) is 26.7. The Labute approximate surface area is 323 Å². The highest BCUT2D eigenvalue weighted by Crippen LogP contribution is 2.40. The largest absolute Gasteiger partial charge is 0.496 e. The maximum absolute atomic E-state index is 6.19. The molecule has 0 aromatic heterocycles. The molecule has 4 fully saturated rings. The molecule has 286 valence electrons. The van der Waals surface area contributed by atoms with E-state index in [4.69, 9.17) is 28.4 Å². The van der Waals surface area contributed by atoms with Gasteiger partial charge >= 0.3 is 0 Å². The molecule has 0 saturated carbocycles. The van der Waals surface area contributed by atoms with Gasteiger partial charge in [-0.25, -0.2) is 0 Å². The molecule has 4 aliphatic heterocycles. The van der Waals surface area contributed by atoms with Crippen molar-refractivity contribution >= 4 is 61.1 Å². The summed E-state index contributed by atoms with van der Waals surface area (Å²) in [5, 5.41) is 5.05. The first kappa shape index (κ1) is 37.3. The lowest BCUT2D eigenvalue weighted by Crippen LogP contribution is -2.38. The molecule has 10 nitrogen and oxygen atoms in total. The Hall–Kier alpha value is -3.62. The van der Waals surface area contributed by atoms with Crippen molar-refractivity contribution in [3.05, 3.63) is 72.8 Å². The lowest BCUT2D eigenvalue weighted by atomic mass is 10.0. The van der Waals surface area contributed by atoms with Crippen molar-refractivity contribution in [2.75, 3.05) is 139 Å². The minimum atomic E-state index is 0.400. The number of hydrogen-bond acceptors (Lipinski definition) is 10. The highest BCUT2D eigenvalue weighted by Gasteiger charge is 2.24. The average Bonchev–Trinajstić information content (AvgIpc) is 3.24. The van der Waals surface area contributed by atoms with Crippen LogP contribution in [0.15, 0.2) is 72.8 Å². The van der Waals surface area contributed by atoms with Crippen molar-refractivity contribution in [1.29, 1.82) is 0 Å². The van der Waals surface area contributed by atoms with Crippen LogP contribution in [0.3, 0.4) is 0 Å². The summed E-state index contributed by atoms with van der Waals surface area (Å²) in [5.41, 5.74) is 7.21. The summed E-state index contributed by atoms with van der Waals surface area (Å²) >= 11 is 0. The molecular formula is C42H52N4O6P2. The van der Waals surface area contributed by atoms with E-state index in [-0.39, 0.29) is 0 Å². The normalized spacial score (nSPS) is 18.6. The van der Waals surface area contributed by atoms with Gasteiger partial charge in [0.2, 0.25) is 0 Å². The predicted molar refractivity (Wildman–Crippen MR) is 225 cm³/mol. The summed E-state index contributed by atoms with van der Waals surface area (Å²) in [7, 11) is 4.35. The average molecular weight is 771 g/mol. The molecular weight excluding hydrogens is 718 g/mol. The van der Waals surface area contributed by atoms with E-state index in [0.29, 0.717) is 17.2 Å². The first-order valence-electron chi connectivity index (χ1n) is 19.2. The molecule has 4 heterocycles. The molecule has 4 aliphatic rings. The van der Waals surface area contributed by atoms with Crippen LogP contribution in [0.25, 0.3) is 11.1 Å². The molecule has 0 spiro atoms. The van der Waals surface area contributed by atoms with Crippen LogP contribution in [0, 0.1) is 0 Å². The molecule has 0 amide bonds. The SMILES string of the molecule is COc1cccc(Pc2cc(N3CCOCC3)cc(N3CCOCC3)c2)c1-c1c(OC)cccc1Pc1cc(N2CCOCC2)cc(N2CCOCC2)c1. The summed E-state index contributed by atoms with van der Waals surface area (Å²) in [4.78, 5) is 9.85. The van der Waals surface area contributed by atoms with E-state index in [0.717, 1.165) is 128 Å². The minimum absolute atomic E-state index is 0.400. The van der Waals surface area contributed by atoms with E-state index < -0.39 is 0 Å². The Balaban J connectivity index is 1.19. The molecule has 0 radical (unpaired) electrons. The topological polar surface area (TPSA) is 68.3 Å². The van der Waals surface area contributed by atoms with Crippen LogP contribution in [0.5, 0.6) is 11.5 Å². The van der Waals surface area contributed by atoms with Gasteiger partial charge in [0, 0.05) is 86.2 Å². The van der Waals surface area contributed by atoms with Crippen LogP contribution < -0.4 is 50.3 Å². The number of anilines is 4. The first-order valence-corrected chi connectivity index (χ1v) is 21.2. The minimum Gasteiger partial charge on any atom is -0.496 e. The van der Waals surface area contributed by atoms with Gasteiger partial charge < -0.3 is 48.0 Å². The van der Waals surface area contributed by atoms with Gasteiger partial charge in [0.1, 0.15) is 11.5 Å². The zero-order valence-electron chi connectivity index (χ0n) is 31.5. The fourth-order valence-electron chi connectivity index (χ4n) is 7.79. The van der Waals surface area contributed by atoms with Gasteiger partial charge in [-0.1, -0.05) is 41.4 Å². The smallest absolute Gasteiger partial charge is 0.127 e. The van der Waals surface area contributed by atoms with Crippen molar-refractivity contribution in [2.45, 2.75) is 0 Å². The summed E-state index contributed by atoms with van der Waals surface area (Å²) in [6, 6.07) is 27.2. The number of rotatable bonds is 11. The fourth-order valence-corrected chi connectivity index (χ4v) is 10.4. The lowest BCUT2D eigenvalue weighted by Gasteiger charge is -2.33. The number of hydrogen-bond donors (Lipinski definition) is 0. The maximum Gasteiger partial charge on any atom is 0.127 e. The second-order valence-electron chi connectivity index (χ2n) is 13.9. The van der Waals surface area contributed by atoms with Crippen molar-refractivity contribution in [3.8, 4) is 22.6 Å². The number of morpholine rings is 4. The third kappa shape index (κ3) is 8.60. The number of ether oxygens (including phenoxy) is 6. The van der Waals surface area contributed by atoms with Gasteiger partial charge in [-0.15, -0.1) is 0 Å². The molecule has 4 aromatic rings. The van der Waals surface area contributed by atoms with Gasteiger partial charge in [0.05, 0.1) is 67.1 Å². The summed E-state index contributed by atoms with van der Waals surface area (Å²) in [6.07, 6.45) is 0. The summed E-state index contributed by atoms with van der Waals surface area (Å²) < 4.78 is 35.3. The van der Waals surface area contributed by atoms with E-state index in [2.05, 4.69) is 92.4 Å². The van der Waals surface area contributed by atoms with Crippen LogP contribution in [-0.4, -0.2) is 119 Å². The van der Waals surface area contributed by atoms with Gasteiger partial charge in [-0.05, 0) is 69.7 Å². The molecule has 4 saturated heterocycles. The van der Waals surface area contributed by atoms with Crippen molar-refractivity contribution in [3.63, 3.8) is 0 Å². The summed E-state index contributed by atoms with van der Waals surface area (Å²) in [5.74, 6) is 1.70. The molecule has 0 N–H and O–H groups in total. The van der Waals surface area contributed by atoms with Crippen LogP contribution in [0.2, 0.25) is 0 Å². The second-order valence-corrected chi connectivity index (χ2v) is 16.6. The zero-order valence-corrected chi connectivity index (χ0v) is 33.5. The van der Waals surface area contributed by atoms with Crippen LogP contribution in [0.1, 0.15) is 0 Å². The zero-order chi connectivity index (χ0) is 36.7. The van der Waals surface area contributed by atoms with Crippen LogP contribution >= 0.6 is 17.2 Å². The Kier molecular flexibility index (Phi) is 12.4. The Morgan fingerprint density at radius 3 is 1.00 bits per heavy atom. The molecule has 0 aliphatic carbocycles. The van der Waals surface area contributed by atoms with Crippen molar-refractivity contribution in [2.24, 2.45) is 0 Å². The van der Waals surface area contributed by atoms with Crippen molar-refractivity contribution < 1.29 is 28.4 Å². The number of methoxy groups -OCH3 is 2.